The number of anilines is 1. The number of benzene rings is 2. The van der Waals surface area contributed by atoms with Crippen LogP contribution in [-0.4, -0.2) is 19.9 Å². The molecule has 0 aliphatic heterocycles. The lowest BCUT2D eigenvalue weighted by atomic mass is 10.2. The van der Waals surface area contributed by atoms with Crippen molar-refractivity contribution in [2.45, 2.75) is 18.7 Å². The highest BCUT2D eigenvalue weighted by Gasteiger charge is 2.21. The molecule has 0 aliphatic carbocycles. The molecule has 0 atom stereocenters. The van der Waals surface area contributed by atoms with Crippen molar-refractivity contribution >= 4 is 21.4 Å². The van der Waals surface area contributed by atoms with Gasteiger partial charge in [-0.2, -0.15) is 0 Å². The molecule has 0 aromatic heterocycles. The van der Waals surface area contributed by atoms with Crippen LogP contribution in [0.3, 0.4) is 0 Å². The Bertz CT molecular complexity index is 834. The van der Waals surface area contributed by atoms with E-state index >= 15 is 0 Å². The van der Waals surface area contributed by atoms with E-state index in [4.69, 9.17) is 4.74 Å². The summed E-state index contributed by atoms with van der Waals surface area (Å²) in [5.74, 6) is 0.389. The van der Waals surface area contributed by atoms with E-state index in [1.165, 1.54) is 12.1 Å². The Balaban J connectivity index is 2.40. The van der Waals surface area contributed by atoms with Gasteiger partial charge in [-0.1, -0.05) is 18.2 Å². The lowest BCUT2D eigenvalue weighted by Gasteiger charge is -2.12. The first-order valence-corrected chi connectivity index (χ1v) is 8.33. The third-order valence-electron chi connectivity index (χ3n) is 3.12. The van der Waals surface area contributed by atoms with Crippen molar-refractivity contribution in [3.05, 3.63) is 58.1 Å². The predicted molar refractivity (Wildman–Crippen MR) is 86.3 cm³/mol. The smallest absolute Gasteiger partial charge is 0.273 e. The Morgan fingerprint density at radius 3 is 2.57 bits per heavy atom. The normalized spacial score (nSPS) is 11.0. The molecule has 0 saturated heterocycles. The van der Waals surface area contributed by atoms with Crippen LogP contribution in [0.5, 0.6) is 5.75 Å². The Hall–Kier alpha value is -2.61. The second kappa shape index (κ2) is 6.66. The van der Waals surface area contributed by atoms with Crippen LogP contribution >= 0.6 is 0 Å². The first kappa shape index (κ1) is 16.8. The number of rotatable bonds is 6. The van der Waals surface area contributed by atoms with Crippen molar-refractivity contribution < 1.29 is 18.1 Å². The van der Waals surface area contributed by atoms with E-state index in [1.54, 1.807) is 38.1 Å². The topological polar surface area (TPSA) is 98.5 Å². The molecule has 2 aromatic rings. The standard InChI is InChI=1S/C15H16N2O5S/c1-3-22-15-7-5-4-6-13(15)16-23(20,21)12-9-8-11(2)14(10-12)17(18)19/h4-10,16H,3H2,1-2H3. The van der Waals surface area contributed by atoms with E-state index in [2.05, 4.69) is 4.72 Å². The van der Waals surface area contributed by atoms with Crippen molar-refractivity contribution in [2.75, 3.05) is 11.3 Å². The van der Waals surface area contributed by atoms with Gasteiger partial charge in [0.15, 0.2) is 0 Å². The highest BCUT2D eigenvalue weighted by molar-refractivity contribution is 7.92. The van der Waals surface area contributed by atoms with Crippen LogP contribution in [0.25, 0.3) is 0 Å². The first-order chi connectivity index (χ1) is 10.8. The molecule has 0 heterocycles. The predicted octanol–water partition coefficient (Wildman–Crippen LogP) is 3.10. The van der Waals surface area contributed by atoms with E-state index in [1.807, 2.05) is 0 Å². The minimum atomic E-state index is -3.96. The molecule has 1 N–H and O–H groups in total. The summed E-state index contributed by atoms with van der Waals surface area (Å²) in [6.45, 7) is 3.72. The minimum Gasteiger partial charge on any atom is -0.492 e. The molecule has 0 fully saturated rings. The minimum absolute atomic E-state index is 0.180. The average Bonchev–Trinajstić information content (AvgIpc) is 2.49. The highest BCUT2D eigenvalue weighted by Crippen LogP contribution is 2.28. The van der Waals surface area contributed by atoms with Gasteiger partial charge < -0.3 is 4.74 Å². The van der Waals surface area contributed by atoms with E-state index < -0.39 is 14.9 Å². The largest absolute Gasteiger partial charge is 0.492 e. The van der Waals surface area contributed by atoms with Crippen LogP contribution in [-0.2, 0) is 10.0 Å². The summed E-state index contributed by atoms with van der Waals surface area (Å²) in [6, 6.07) is 10.4. The van der Waals surface area contributed by atoms with E-state index in [9.17, 15) is 18.5 Å². The van der Waals surface area contributed by atoms with Crippen molar-refractivity contribution in [2.24, 2.45) is 0 Å². The first-order valence-electron chi connectivity index (χ1n) is 6.85. The molecular formula is C15H16N2O5S. The SMILES string of the molecule is CCOc1ccccc1NS(=O)(=O)c1ccc(C)c([N+](=O)[O-])c1. The van der Waals surface area contributed by atoms with Gasteiger partial charge in [0.05, 0.1) is 22.1 Å². The molecule has 0 amide bonds. The lowest BCUT2D eigenvalue weighted by molar-refractivity contribution is -0.385. The maximum Gasteiger partial charge on any atom is 0.273 e. The number of sulfonamides is 1. The summed E-state index contributed by atoms with van der Waals surface area (Å²) in [5.41, 5.74) is 0.423. The average molecular weight is 336 g/mol. The Morgan fingerprint density at radius 1 is 1.22 bits per heavy atom. The third kappa shape index (κ3) is 3.78. The second-order valence-electron chi connectivity index (χ2n) is 4.74. The number of aryl methyl sites for hydroxylation is 1. The molecule has 2 aromatic carbocycles. The summed E-state index contributed by atoms with van der Waals surface area (Å²) < 4.78 is 32.7. The van der Waals surface area contributed by atoms with Gasteiger partial charge in [0.1, 0.15) is 5.75 Å². The zero-order valence-corrected chi connectivity index (χ0v) is 13.5. The van der Waals surface area contributed by atoms with Crippen LogP contribution in [0.15, 0.2) is 47.4 Å². The number of hydrogen-bond donors (Lipinski definition) is 1. The van der Waals surface area contributed by atoms with Gasteiger partial charge in [-0.05, 0) is 32.0 Å². The van der Waals surface area contributed by atoms with E-state index in [0.29, 0.717) is 17.9 Å². The fraction of sp³-hybridized carbons (Fsp3) is 0.200. The molecule has 0 aliphatic rings. The maximum atomic E-state index is 12.5. The van der Waals surface area contributed by atoms with Crippen molar-refractivity contribution in [1.29, 1.82) is 0 Å². The van der Waals surface area contributed by atoms with Gasteiger partial charge in [-0.25, -0.2) is 8.42 Å². The van der Waals surface area contributed by atoms with E-state index in [0.717, 1.165) is 6.07 Å². The lowest BCUT2D eigenvalue weighted by Crippen LogP contribution is -2.14. The van der Waals surface area contributed by atoms with Gasteiger partial charge in [0.2, 0.25) is 0 Å². The number of nitro benzene ring substituents is 1. The number of nitrogens with one attached hydrogen (secondary N) is 1. The highest BCUT2D eigenvalue weighted by atomic mass is 32.2. The fourth-order valence-corrected chi connectivity index (χ4v) is 3.08. The van der Waals surface area contributed by atoms with Gasteiger partial charge in [0.25, 0.3) is 15.7 Å². The molecule has 0 bridgehead atoms. The van der Waals surface area contributed by atoms with Crippen LogP contribution in [0.4, 0.5) is 11.4 Å². The summed E-state index contributed by atoms with van der Waals surface area (Å²) in [7, 11) is -3.96. The molecule has 0 unspecified atom stereocenters. The van der Waals surface area contributed by atoms with E-state index in [-0.39, 0.29) is 16.3 Å². The van der Waals surface area contributed by atoms with Crippen molar-refractivity contribution in [3.63, 3.8) is 0 Å². The summed E-state index contributed by atoms with van der Waals surface area (Å²) in [4.78, 5) is 10.2. The molecule has 0 radical (unpaired) electrons. The van der Waals surface area contributed by atoms with Gasteiger partial charge in [0, 0.05) is 11.6 Å². The molecule has 7 nitrogen and oxygen atoms in total. The monoisotopic (exact) mass is 336 g/mol. The molecular weight excluding hydrogens is 320 g/mol. The summed E-state index contributed by atoms with van der Waals surface area (Å²) in [5, 5.41) is 11.0. The molecule has 8 heteroatoms. The van der Waals surface area contributed by atoms with Crippen LogP contribution in [0.1, 0.15) is 12.5 Å². The zero-order valence-electron chi connectivity index (χ0n) is 12.6. The number of nitro groups is 1. The maximum absolute atomic E-state index is 12.5. The number of nitrogens with zero attached hydrogens (tertiary/aromatic N) is 1. The summed E-state index contributed by atoms with van der Waals surface area (Å²) in [6.07, 6.45) is 0. The molecule has 0 spiro atoms. The fourth-order valence-electron chi connectivity index (χ4n) is 1.99. The number of ether oxygens (including phenoxy) is 1. The van der Waals surface area contributed by atoms with Crippen LogP contribution in [0.2, 0.25) is 0 Å². The Morgan fingerprint density at radius 2 is 1.91 bits per heavy atom. The van der Waals surface area contributed by atoms with Gasteiger partial charge >= 0.3 is 0 Å². The van der Waals surface area contributed by atoms with Crippen LogP contribution in [0, 0.1) is 17.0 Å². The third-order valence-corrected chi connectivity index (χ3v) is 4.48. The van der Waals surface area contributed by atoms with Crippen molar-refractivity contribution in [3.8, 4) is 5.75 Å². The number of hydrogen-bond acceptors (Lipinski definition) is 5. The quantitative estimate of drug-likeness (QED) is 0.645. The summed E-state index contributed by atoms with van der Waals surface area (Å²) >= 11 is 0. The molecule has 0 saturated carbocycles. The van der Waals surface area contributed by atoms with Gasteiger partial charge in [-0.3, -0.25) is 14.8 Å². The molecule has 122 valence electrons. The van der Waals surface area contributed by atoms with Gasteiger partial charge in [-0.15, -0.1) is 0 Å². The van der Waals surface area contributed by atoms with Crippen LogP contribution < -0.4 is 9.46 Å². The Kier molecular flexibility index (Phi) is 4.85. The van der Waals surface area contributed by atoms with Crippen molar-refractivity contribution in [1.82, 2.24) is 0 Å². The Labute approximate surface area is 134 Å². The zero-order chi connectivity index (χ0) is 17.0. The molecule has 23 heavy (non-hydrogen) atoms. The molecule has 2 rings (SSSR count). The number of para-hydroxylation sites is 2. The second-order valence-corrected chi connectivity index (χ2v) is 6.42.